The van der Waals surface area contributed by atoms with Gasteiger partial charge in [-0.3, -0.25) is 9.69 Å². The van der Waals surface area contributed by atoms with E-state index >= 15 is 0 Å². The summed E-state index contributed by atoms with van der Waals surface area (Å²) in [6.07, 6.45) is 2.30. The zero-order valence-corrected chi connectivity index (χ0v) is 11.2. The fourth-order valence-electron chi connectivity index (χ4n) is 2.52. The van der Waals surface area contributed by atoms with Gasteiger partial charge in [0.1, 0.15) is 11.3 Å². The molecule has 1 aliphatic rings. The highest BCUT2D eigenvalue weighted by Crippen LogP contribution is 2.12. The van der Waals surface area contributed by atoms with E-state index in [0.29, 0.717) is 18.8 Å². The predicted molar refractivity (Wildman–Crippen MR) is 75.5 cm³/mol. The highest BCUT2D eigenvalue weighted by molar-refractivity contribution is 5.97. The topological polar surface area (TPSA) is 81.2 Å². The summed E-state index contributed by atoms with van der Waals surface area (Å²) in [6, 6.07) is 5.56. The minimum atomic E-state index is -0.217. The molecule has 0 aliphatic carbocycles. The number of β-amino-alcohol motifs (C(OH)–C–C–N with tert-alkyl or cyclic N) is 1. The molecule has 2 aromatic rings. The van der Waals surface area contributed by atoms with E-state index in [4.69, 9.17) is 0 Å². The van der Waals surface area contributed by atoms with Crippen LogP contribution in [0.3, 0.4) is 0 Å². The molecular weight excluding hydrogens is 256 g/mol. The van der Waals surface area contributed by atoms with E-state index < -0.39 is 0 Å². The van der Waals surface area contributed by atoms with Gasteiger partial charge in [0.15, 0.2) is 0 Å². The van der Waals surface area contributed by atoms with E-state index in [1.54, 1.807) is 12.3 Å². The van der Waals surface area contributed by atoms with Gasteiger partial charge < -0.3 is 15.4 Å². The Morgan fingerprint density at radius 1 is 1.60 bits per heavy atom. The molecule has 1 amide bonds. The number of aromatic nitrogens is 2. The van der Waals surface area contributed by atoms with Crippen molar-refractivity contribution >= 4 is 16.9 Å². The molecule has 0 aromatic carbocycles. The molecule has 0 saturated carbocycles. The first-order valence-corrected chi connectivity index (χ1v) is 6.85. The van der Waals surface area contributed by atoms with Gasteiger partial charge in [0.2, 0.25) is 0 Å². The van der Waals surface area contributed by atoms with Crippen LogP contribution in [0.2, 0.25) is 0 Å². The average Bonchev–Trinajstić information content (AvgIpc) is 3.04. The predicted octanol–water partition coefficient (Wildman–Crippen LogP) is 0.359. The first-order valence-electron chi connectivity index (χ1n) is 6.85. The van der Waals surface area contributed by atoms with E-state index in [1.807, 2.05) is 12.1 Å². The van der Waals surface area contributed by atoms with E-state index in [0.717, 1.165) is 30.5 Å². The third-order valence-corrected chi connectivity index (χ3v) is 3.60. The van der Waals surface area contributed by atoms with Crippen LogP contribution in [0.1, 0.15) is 16.9 Å². The lowest BCUT2D eigenvalue weighted by molar-refractivity contribution is 0.0945. The Bertz CT molecular complexity index is 577. The maximum Gasteiger partial charge on any atom is 0.267 e. The zero-order valence-electron chi connectivity index (χ0n) is 11.2. The van der Waals surface area contributed by atoms with E-state index in [9.17, 15) is 9.90 Å². The fourth-order valence-corrected chi connectivity index (χ4v) is 2.52. The highest BCUT2D eigenvalue weighted by atomic mass is 16.3. The van der Waals surface area contributed by atoms with Crippen molar-refractivity contribution in [3.8, 4) is 0 Å². The number of carbonyl (C=O) groups excluding carboxylic acids is 1. The number of fused-ring (bicyclic) bond motifs is 1. The van der Waals surface area contributed by atoms with Crippen molar-refractivity contribution in [3.63, 3.8) is 0 Å². The Balaban J connectivity index is 1.53. The minimum Gasteiger partial charge on any atom is -0.392 e. The third-order valence-electron chi connectivity index (χ3n) is 3.60. The Labute approximate surface area is 116 Å². The van der Waals surface area contributed by atoms with Crippen LogP contribution in [-0.4, -0.2) is 58.2 Å². The van der Waals surface area contributed by atoms with E-state index in [-0.39, 0.29) is 12.0 Å². The number of aliphatic hydroxyl groups excluding tert-OH is 1. The molecule has 3 rings (SSSR count). The van der Waals surface area contributed by atoms with Crippen LogP contribution in [0, 0.1) is 0 Å². The summed E-state index contributed by atoms with van der Waals surface area (Å²) in [6.45, 7) is 2.94. The Kier molecular flexibility index (Phi) is 3.66. The van der Waals surface area contributed by atoms with Crippen molar-refractivity contribution in [1.29, 1.82) is 0 Å². The van der Waals surface area contributed by atoms with Gasteiger partial charge in [0.25, 0.3) is 5.91 Å². The molecule has 3 N–H and O–H groups in total. The van der Waals surface area contributed by atoms with Gasteiger partial charge in [-0.2, -0.15) is 0 Å². The second-order valence-electron chi connectivity index (χ2n) is 5.12. The van der Waals surface area contributed by atoms with Crippen LogP contribution in [-0.2, 0) is 0 Å². The molecule has 1 atom stereocenters. The monoisotopic (exact) mass is 274 g/mol. The van der Waals surface area contributed by atoms with Gasteiger partial charge in [-0.1, -0.05) is 0 Å². The lowest BCUT2D eigenvalue weighted by atomic mass is 10.3. The number of aliphatic hydroxyl groups is 1. The number of rotatable bonds is 4. The number of nitrogens with zero attached hydrogens (tertiary/aromatic N) is 2. The van der Waals surface area contributed by atoms with Crippen molar-refractivity contribution in [2.75, 3.05) is 26.2 Å². The molecule has 6 heteroatoms. The van der Waals surface area contributed by atoms with Gasteiger partial charge in [-0.25, -0.2) is 4.98 Å². The molecule has 1 fully saturated rings. The minimum absolute atomic E-state index is 0.122. The SMILES string of the molecule is O=C(NCCN1CC[C@H](O)C1)c1cc2cccnc2[nH]1. The van der Waals surface area contributed by atoms with Gasteiger partial charge in [-0.05, 0) is 24.6 Å². The number of nitrogens with one attached hydrogen (secondary N) is 2. The Hall–Kier alpha value is -1.92. The molecule has 0 bridgehead atoms. The molecule has 6 nitrogen and oxygen atoms in total. The summed E-state index contributed by atoms with van der Waals surface area (Å²) in [5.41, 5.74) is 1.25. The van der Waals surface area contributed by atoms with Gasteiger partial charge in [0.05, 0.1) is 6.10 Å². The van der Waals surface area contributed by atoms with Gasteiger partial charge in [-0.15, -0.1) is 0 Å². The first-order chi connectivity index (χ1) is 9.72. The number of likely N-dealkylation sites (tertiary alicyclic amines) is 1. The highest BCUT2D eigenvalue weighted by Gasteiger charge is 2.19. The molecule has 1 aliphatic heterocycles. The lowest BCUT2D eigenvalue weighted by Crippen LogP contribution is -2.34. The lowest BCUT2D eigenvalue weighted by Gasteiger charge is -2.14. The summed E-state index contributed by atoms with van der Waals surface area (Å²) in [7, 11) is 0. The second kappa shape index (κ2) is 5.60. The summed E-state index contributed by atoms with van der Waals surface area (Å²) >= 11 is 0. The fraction of sp³-hybridized carbons (Fsp3) is 0.429. The standard InChI is InChI=1S/C14H18N4O2/c19-11-3-6-18(9-11)7-5-16-14(20)12-8-10-2-1-4-15-13(10)17-12/h1-2,4,8,11,19H,3,5-7,9H2,(H,15,17)(H,16,20)/t11-/m0/s1. The Morgan fingerprint density at radius 3 is 3.25 bits per heavy atom. The van der Waals surface area contributed by atoms with Crippen LogP contribution in [0.4, 0.5) is 0 Å². The molecule has 20 heavy (non-hydrogen) atoms. The molecule has 1 saturated heterocycles. The number of hydrogen-bond acceptors (Lipinski definition) is 4. The smallest absolute Gasteiger partial charge is 0.267 e. The first kappa shape index (κ1) is 13.1. The van der Waals surface area contributed by atoms with Crippen LogP contribution in [0.25, 0.3) is 11.0 Å². The molecule has 0 spiro atoms. The van der Waals surface area contributed by atoms with E-state index in [1.165, 1.54) is 0 Å². The molecular formula is C14H18N4O2. The van der Waals surface area contributed by atoms with Crippen LogP contribution >= 0.6 is 0 Å². The maximum absolute atomic E-state index is 12.0. The normalized spacial score (nSPS) is 19.6. The van der Waals surface area contributed by atoms with Crippen molar-refractivity contribution in [1.82, 2.24) is 20.2 Å². The zero-order chi connectivity index (χ0) is 13.9. The van der Waals surface area contributed by atoms with E-state index in [2.05, 4.69) is 20.2 Å². The molecule has 0 unspecified atom stereocenters. The number of H-pyrrole nitrogens is 1. The summed E-state index contributed by atoms with van der Waals surface area (Å²) < 4.78 is 0. The van der Waals surface area contributed by atoms with Crippen molar-refractivity contribution in [2.45, 2.75) is 12.5 Å². The second-order valence-corrected chi connectivity index (χ2v) is 5.12. The average molecular weight is 274 g/mol. The third kappa shape index (κ3) is 2.81. The summed E-state index contributed by atoms with van der Waals surface area (Å²) in [4.78, 5) is 21.3. The van der Waals surface area contributed by atoms with Crippen molar-refractivity contribution < 1.29 is 9.90 Å². The van der Waals surface area contributed by atoms with Crippen molar-refractivity contribution in [3.05, 3.63) is 30.1 Å². The Morgan fingerprint density at radius 2 is 2.50 bits per heavy atom. The molecule has 0 radical (unpaired) electrons. The summed E-state index contributed by atoms with van der Waals surface area (Å²) in [5, 5.41) is 13.2. The number of aromatic amines is 1. The largest absolute Gasteiger partial charge is 0.392 e. The summed E-state index contributed by atoms with van der Waals surface area (Å²) in [5.74, 6) is -0.122. The number of carbonyl (C=O) groups is 1. The molecule has 106 valence electrons. The van der Waals surface area contributed by atoms with Crippen LogP contribution in [0.5, 0.6) is 0 Å². The number of pyridine rings is 1. The number of hydrogen-bond donors (Lipinski definition) is 3. The van der Waals surface area contributed by atoms with Gasteiger partial charge >= 0.3 is 0 Å². The van der Waals surface area contributed by atoms with Crippen LogP contribution in [0.15, 0.2) is 24.4 Å². The van der Waals surface area contributed by atoms with Gasteiger partial charge in [0, 0.05) is 37.8 Å². The molecule has 3 heterocycles. The molecule has 2 aromatic heterocycles. The van der Waals surface area contributed by atoms with Crippen molar-refractivity contribution in [2.24, 2.45) is 0 Å². The maximum atomic E-state index is 12.0. The quantitative estimate of drug-likeness (QED) is 0.752. The van der Waals surface area contributed by atoms with Crippen LogP contribution < -0.4 is 5.32 Å². The number of amides is 1.